The summed E-state index contributed by atoms with van der Waals surface area (Å²) in [5.74, 6) is 0.101. The van der Waals surface area contributed by atoms with Crippen molar-refractivity contribution in [2.75, 3.05) is 11.9 Å². The van der Waals surface area contributed by atoms with Crippen molar-refractivity contribution in [3.05, 3.63) is 59.8 Å². The molecule has 1 aliphatic rings. The summed E-state index contributed by atoms with van der Waals surface area (Å²) in [6, 6.07) is 14.6. The van der Waals surface area contributed by atoms with Gasteiger partial charge in [0.05, 0.1) is 18.4 Å². The molecule has 1 aliphatic heterocycles. The molecule has 0 spiro atoms. The summed E-state index contributed by atoms with van der Waals surface area (Å²) in [6.07, 6.45) is -0.0567. The number of carbonyl (C=O) groups excluding carboxylic acids is 1. The lowest BCUT2D eigenvalue weighted by atomic mass is 10.0. The van der Waals surface area contributed by atoms with Crippen molar-refractivity contribution in [2.45, 2.75) is 12.5 Å². The summed E-state index contributed by atoms with van der Waals surface area (Å²) in [5, 5.41) is 23.4. The van der Waals surface area contributed by atoms with E-state index in [1.807, 2.05) is 30.3 Å². The number of benzene rings is 2. The number of hydrogen-bond acceptors (Lipinski definition) is 5. The van der Waals surface area contributed by atoms with E-state index in [0.717, 1.165) is 5.56 Å². The smallest absolute Gasteiger partial charge is 0.278 e. The second-order valence-electron chi connectivity index (χ2n) is 5.72. The van der Waals surface area contributed by atoms with Crippen LogP contribution in [-0.2, 0) is 0 Å². The fourth-order valence-electron chi connectivity index (χ4n) is 2.87. The van der Waals surface area contributed by atoms with Crippen LogP contribution in [0.3, 0.4) is 0 Å². The summed E-state index contributed by atoms with van der Waals surface area (Å²) >= 11 is 0. The van der Waals surface area contributed by atoms with E-state index in [-0.39, 0.29) is 5.69 Å². The van der Waals surface area contributed by atoms with E-state index < -0.39 is 12.0 Å². The van der Waals surface area contributed by atoms with Crippen molar-refractivity contribution >= 4 is 11.6 Å². The number of nitrogens with one attached hydrogen (secondary N) is 2. The molecule has 25 heavy (non-hydrogen) atoms. The van der Waals surface area contributed by atoms with Crippen LogP contribution in [0.25, 0.3) is 11.3 Å². The predicted octanol–water partition coefficient (Wildman–Crippen LogP) is 2.54. The van der Waals surface area contributed by atoms with Gasteiger partial charge >= 0.3 is 0 Å². The molecule has 3 N–H and O–H groups in total. The number of fused-ring (bicyclic) bond motifs is 1. The first kappa shape index (κ1) is 15.3. The molecule has 0 fully saturated rings. The quantitative estimate of drug-likeness (QED) is 0.682. The molecule has 1 atom stereocenters. The van der Waals surface area contributed by atoms with Gasteiger partial charge in [0.15, 0.2) is 5.69 Å². The minimum Gasteiger partial charge on any atom is -0.491 e. The van der Waals surface area contributed by atoms with Gasteiger partial charge in [0.1, 0.15) is 11.4 Å². The number of aromatic nitrogens is 3. The monoisotopic (exact) mass is 336 g/mol. The Morgan fingerprint density at radius 1 is 1.16 bits per heavy atom. The highest BCUT2D eigenvalue weighted by atomic mass is 16.5. The van der Waals surface area contributed by atoms with Crippen LogP contribution in [0, 0.1) is 0 Å². The summed E-state index contributed by atoms with van der Waals surface area (Å²) in [5.41, 5.74) is 2.64. The van der Waals surface area contributed by atoms with Gasteiger partial charge in [0.25, 0.3) is 5.91 Å². The lowest BCUT2D eigenvalue weighted by Gasteiger charge is -2.24. The first-order valence-corrected chi connectivity index (χ1v) is 7.95. The normalized spacial score (nSPS) is 16.0. The number of rotatable bonds is 3. The molecule has 2 aromatic carbocycles. The van der Waals surface area contributed by atoms with Gasteiger partial charge in [-0.05, 0) is 6.07 Å². The summed E-state index contributed by atoms with van der Waals surface area (Å²) in [6.45, 7) is 0.403. The lowest BCUT2D eigenvalue weighted by Crippen LogP contribution is -2.18. The highest BCUT2D eigenvalue weighted by molar-refractivity contribution is 6.07. The van der Waals surface area contributed by atoms with Gasteiger partial charge in [-0.3, -0.25) is 4.79 Å². The summed E-state index contributed by atoms with van der Waals surface area (Å²) in [4.78, 5) is 12.7. The molecule has 4 rings (SSSR count). The first-order chi connectivity index (χ1) is 12.2. The van der Waals surface area contributed by atoms with E-state index in [0.29, 0.717) is 35.7 Å². The van der Waals surface area contributed by atoms with Crippen LogP contribution in [0.5, 0.6) is 5.75 Å². The highest BCUT2D eigenvalue weighted by Crippen LogP contribution is 2.38. The van der Waals surface area contributed by atoms with Crippen molar-refractivity contribution in [1.82, 2.24) is 15.4 Å². The molecule has 0 saturated heterocycles. The second-order valence-corrected chi connectivity index (χ2v) is 5.72. The average molecular weight is 336 g/mol. The predicted molar refractivity (Wildman–Crippen MR) is 91.3 cm³/mol. The number of anilines is 1. The van der Waals surface area contributed by atoms with Crippen LogP contribution in [-0.4, -0.2) is 33.0 Å². The molecule has 7 nitrogen and oxygen atoms in total. The third-order valence-corrected chi connectivity index (χ3v) is 4.10. The first-order valence-electron chi connectivity index (χ1n) is 7.95. The molecule has 0 aliphatic carbocycles. The Morgan fingerprint density at radius 2 is 2.00 bits per heavy atom. The van der Waals surface area contributed by atoms with Crippen molar-refractivity contribution < 1.29 is 14.6 Å². The lowest BCUT2D eigenvalue weighted by molar-refractivity contribution is 0.101. The molecule has 0 radical (unpaired) electrons. The zero-order chi connectivity index (χ0) is 17.2. The fraction of sp³-hybridized carbons (Fsp3) is 0.167. The third-order valence-electron chi connectivity index (χ3n) is 4.10. The van der Waals surface area contributed by atoms with Gasteiger partial charge in [-0.1, -0.05) is 42.5 Å². The average Bonchev–Trinajstić information content (AvgIpc) is 3.13. The van der Waals surface area contributed by atoms with E-state index in [9.17, 15) is 9.90 Å². The molecule has 7 heteroatoms. The highest BCUT2D eigenvalue weighted by Gasteiger charge is 2.24. The molecule has 1 amide bonds. The number of para-hydroxylation sites is 1. The Labute approximate surface area is 143 Å². The number of amides is 1. The maximum absolute atomic E-state index is 12.7. The van der Waals surface area contributed by atoms with E-state index in [1.54, 1.807) is 18.2 Å². The molecule has 3 aromatic rings. The summed E-state index contributed by atoms with van der Waals surface area (Å²) < 4.78 is 5.64. The van der Waals surface area contributed by atoms with Crippen molar-refractivity contribution in [3.8, 4) is 17.0 Å². The number of ether oxygens (including phenoxy) is 1. The molecule has 0 unspecified atom stereocenters. The molecule has 1 aromatic heterocycles. The maximum Gasteiger partial charge on any atom is 0.278 e. The van der Waals surface area contributed by atoms with E-state index in [2.05, 4.69) is 20.7 Å². The molecule has 0 saturated carbocycles. The number of aliphatic hydroxyl groups excluding tert-OH is 1. The van der Waals surface area contributed by atoms with Gasteiger partial charge in [-0.2, -0.15) is 15.4 Å². The number of hydrogen-bond donors (Lipinski definition) is 3. The van der Waals surface area contributed by atoms with E-state index in [4.69, 9.17) is 4.74 Å². The van der Waals surface area contributed by atoms with Crippen molar-refractivity contribution in [3.63, 3.8) is 0 Å². The molecular formula is C18H16N4O3. The van der Waals surface area contributed by atoms with Gasteiger partial charge in [-0.15, -0.1) is 0 Å². The van der Waals surface area contributed by atoms with Crippen LogP contribution in [0.15, 0.2) is 48.5 Å². The fourth-order valence-corrected chi connectivity index (χ4v) is 2.87. The zero-order valence-electron chi connectivity index (χ0n) is 13.3. The number of carbonyl (C=O) groups is 1. The number of aromatic amines is 1. The number of nitrogens with zero attached hydrogens (tertiary/aromatic N) is 2. The Hall–Kier alpha value is -3.19. The third kappa shape index (κ3) is 2.85. The maximum atomic E-state index is 12.7. The van der Waals surface area contributed by atoms with Gasteiger partial charge < -0.3 is 15.2 Å². The van der Waals surface area contributed by atoms with Crippen molar-refractivity contribution in [1.29, 1.82) is 0 Å². The van der Waals surface area contributed by atoms with E-state index in [1.165, 1.54) is 0 Å². The Morgan fingerprint density at radius 3 is 2.84 bits per heavy atom. The SMILES string of the molecule is O=C(Nc1cccc2c1OCC[C@@H]2O)c1n[nH]nc1-c1ccccc1. The minimum atomic E-state index is -0.590. The topological polar surface area (TPSA) is 100 Å². The van der Waals surface area contributed by atoms with Crippen molar-refractivity contribution in [2.24, 2.45) is 0 Å². The molecule has 126 valence electrons. The molecule has 0 bridgehead atoms. The van der Waals surface area contributed by atoms with Crippen LogP contribution in [0.4, 0.5) is 5.69 Å². The Bertz CT molecular complexity index is 908. The molecule has 2 heterocycles. The van der Waals surface area contributed by atoms with Crippen LogP contribution >= 0.6 is 0 Å². The Balaban J connectivity index is 1.65. The van der Waals surface area contributed by atoms with Crippen LogP contribution in [0.2, 0.25) is 0 Å². The minimum absolute atomic E-state index is 0.195. The number of aliphatic hydroxyl groups is 1. The van der Waals surface area contributed by atoms with E-state index >= 15 is 0 Å². The summed E-state index contributed by atoms with van der Waals surface area (Å²) in [7, 11) is 0. The van der Waals surface area contributed by atoms with Gasteiger partial charge in [0, 0.05) is 17.5 Å². The van der Waals surface area contributed by atoms with Crippen LogP contribution < -0.4 is 10.1 Å². The second kappa shape index (κ2) is 6.37. The standard InChI is InChI=1S/C18H16N4O3/c23-14-9-10-25-17-12(14)7-4-8-13(17)19-18(24)16-15(20-22-21-16)11-5-2-1-3-6-11/h1-8,14,23H,9-10H2,(H,19,24)(H,20,21,22)/t14-/m0/s1. The van der Waals surface area contributed by atoms with Gasteiger partial charge in [-0.25, -0.2) is 0 Å². The molecular weight excluding hydrogens is 320 g/mol. The Kier molecular flexibility index (Phi) is 3.91. The van der Waals surface area contributed by atoms with Crippen LogP contribution in [0.1, 0.15) is 28.6 Å². The number of H-pyrrole nitrogens is 1. The zero-order valence-corrected chi connectivity index (χ0v) is 13.3. The largest absolute Gasteiger partial charge is 0.491 e. The van der Waals surface area contributed by atoms with Gasteiger partial charge in [0.2, 0.25) is 0 Å².